The van der Waals surface area contributed by atoms with Gasteiger partial charge >= 0.3 is 5.97 Å². The number of nitrogen functional groups attached to an aromatic ring is 1. The molecule has 5 N–H and O–H groups in total. The van der Waals surface area contributed by atoms with E-state index >= 15 is 0 Å². The van der Waals surface area contributed by atoms with Crippen LogP contribution in [0.25, 0.3) is 0 Å². The molecule has 2 unspecified atom stereocenters. The lowest BCUT2D eigenvalue weighted by Gasteiger charge is -2.07. The maximum atomic E-state index is 11.9. The molecule has 1 aromatic carbocycles. The van der Waals surface area contributed by atoms with Crippen LogP contribution in [0, 0.1) is 11.3 Å². The minimum atomic E-state index is -0.254. The molecule has 0 spiro atoms. The molecule has 8 nitrogen and oxygen atoms in total. The van der Waals surface area contributed by atoms with Crippen molar-refractivity contribution < 1.29 is 19.1 Å². The van der Waals surface area contributed by atoms with E-state index in [-0.39, 0.29) is 42.5 Å². The Morgan fingerprint density at radius 3 is 2.44 bits per heavy atom. The third kappa shape index (κ3) is 7.08. The molecule has 2 amide bonds. The number of ether oxygens (including phenoxy) is 1. The van der Waals surface area contributed by atoms with Crippen molar-refractivity contribution in [2.75, 3.05) is 11.9 Å². The van der Waals surface area contributed by atoms with Gasteiger partial charge in [-0.3, -0.25) is 19.8 Å². The van der Waals surface area contributed by atoms with Crippen LogP contribution in [-0.4, -0.2) is 36.3 Å². The average molecular weight is 374 g/mol. The molecule has 146 valence electrons. The number of rotatable bonds is 10. The third-order valence-corrected chi connectivity index (χ3v) is 4.35. The predicted octanol–water partition coefficient (Wildman–Crippen LogP) is 1.54. The van der Waals surface area contributed by atoms with Crippen molar-refractivity contribution in [2.45, 2.75) is 45.1 Å². The second-order valence-electron chi connectivity index (χ2n) is 6.55. The lowest BCUT2D eigenvalue weighted by molar-refractivity contribution is -0.143. The molecule has 1 fully saturated rings. The first-order valence-corrected chi connectivity index (χ1v) is 9.08. The van der Waals surface area contributed by atoms with E-state index in [4.69, 9.17) is 15.9 Å². The summed E-state index contributed by atoms with van der Waals surface area (Å²) in [6.07, 6.45) is 2.13. The lowest BCUT2D eigenvalue weighted by Crippen LogP contribution is -2.28. The second kappa shape index (κ2) is 9.70. The number of carbonyl (C=O) groups excluding carboxylic acids is 3. The summed E-state index contributed by atoms with van der Waals surface area (Å²) in [6.45, 7) is 2.15. The van der Waals surface area contributed by atoms with Crippen LogP contribution in [-0.2, 0) is 19.1 Å². The van der Waals surface area contributed by atoms with E-state index in [1.54, 1.807) is 31.2 Å². The van der Waals surface area contributed by atoms with Gasteiger partial charge in [0.15, 0.2) is 0 Å². The Morgan fingerprint density at radius 1 is 1.15 bits per heavy atom. The number of nitrogens with one attached hydrogen (secondary N) is 3. The third-order valence-electron chi connectivity index (χ3n) is 4.35. The first kappa shape index (κ1) is 20.4. The van der Waals surface area contributed by atoms with Gasteiger partial charge in [-0.05, 0) is 49.9 Å². The summed E-state index contributed by atoms with van der Waals surface area (Å²) in [6, 6.07) is 6.71. The van der Waals surface area contributed by atoms with E-state index in [1.165, 1.54) is 0 Å². The fourth-order valence-electron chi connectivity index (χ4n) is 2.74. The van der Waals surface area contributed by atoms with Gasteiger partial charge in [-0.25, -0.2) is 0 Å². The standard InChI is InChI=1S/C19H26N4O4/c1-2-27-18(26)10-5-13-11-15(13)23-17(25)9-8-16(24)22-14-6-3-12(4-7-14)19(20)21/h3-4,6-7,13,15H,2,5,8-11H2,1H3,(H3,20,21)(H,22,24)(H,23,25). The van der Waals surface area contributed by atoms with Gasteiger partial charge in [0.2, 0.25) is 11.8 Å². The Balaban J connectivity index is 1.62. The second-order valence-corrected chi connectivity index (χ2v) is 6.55. The molecular formula is C19H26N4O4. The smallest absolute Gasteiger partial charge is 0.305 e. The van der Waals surface area contributed by atoms with E-state index in [0.29, 0.717) is 36.6 Å². The molecule has 1 aliphatic carbocycles. The van der Waals surface area contributed by atoms with Gasteiger partial charge in [-0.2, -0.15) is 0 Å². The van der Waals surface area contributed by atoms with Crippen LogP contribution < -0.4 is 16.4 Å². The SMILES string of the molecule is CCOC(=O)CCC1CC1NC(=O)CCC(=O)Nc1ccc(C(=N)N)cc1. The van der Waals surface area contributed by atoms with Crippen LogP contribution in [0.3, 0.4) is 0 Å². The van der Waals surface area contributed by atoms with Gasteiger partial charge in [0.25, 0.3) is 0 Å². The predicted molar refractivity (Wildman–Crippen MR) is 101 cm³/mol. The van der Waals surface area contributed by atoms with Crippen molar-refractivity contribution in [1.29, 1.82) is 5.41 Å². The molecule has 0 aliphatic heterocycles. The van der Waals surface area contributed by atoms with Crippen molar-refractivity contribution in [1.82, 2.24) is 5.32 Å². The van der Waals surface area contributed by atoms with Gasteiger partial charge < -0.3 is 21.1 Å². The van der Waals surface area contributed by atoms with Crippen LogP contribution >= 0.6 is 0 Å². The summed E-state index contributed by atoms with van der Waals surface area (Å²) in [5.74, 6) is -0.351. The molecule has 27 heavy (non-hydrogen) atoms. The number of esters is 1. The highest BCUT2D eigenvalue weighted by Crippen LogP contribution is 2.34. The first-order chi connectivity index (χ1) is 12.9. The Labute approximate surface area is 158 Å². The quantitative estimate of drug-likeness (QED) is 0.280. The van der Waals surface area contributed by atoms with Crippen molar-refractivity contribution in [3.63, 3.8) is 0 Å². The monoisotopic (exact) mass is 374 g/mol. The fraction of sp³-hybridized carbons (Fsp3) is 0.474. The number of amides is 2. The minimum absolute atomic E-state index is 0.0369. The summed E-state index contributed by atoms with van der Waals surface area (Å²) in [5, 5.41) is 12.9. The van der Waals surface area contributed by atoms with Crippen LogP contribution in [0.15, 0.2) is 24.3 Å². The molecule has 0 radical (unpaired) electrons. The van der Waals surface area contributed by atoms with Crippen LogP contribution in [0.1, 0.15) is 44.6 Å². The van der Waals surface area contributed by atoms with Crippen LogP contribution in [0.5, 0.6) is 0 Å². The molecule has 1 aliphatic rings. The normalized spacial score (nSPS) is 17.7. The van der Waals surface area contributed by atoms with E-state index in [1.807, 2.05) is 0 Å². The van der Waals surface area contributed by atoms with Crippen LogP contribution in [0.2, 0.25) is 0 Å². The van der Waals surface area contributed by atoms with E-state index in [0.717, 1.165) is 6.42 Å². The minimum Gasteiger partial charge on any atom is -0.466 e. The number of benzene rings is 1. The zero-order valence-electron chi connectivity index (χ0n) is 15.4. The largest absolute Gasteiger partial charge is 0.466 e. The van der Waals surface area contributed by atoms with Crippen molar-refractivity contribution in [3.8, 4) is 0 Å². The Hall–Kier alpha value is -2.90. The number of nitrogens with two attached hydrogens (primary N) is 1. The highest BCUT2D eigenvalue weighted by atomic mass is 16.5. The highest BCUT2D eigenvalue weighted by molar-refractivity contribution is 5.96. The average Bonchev–Trinajstić information content (AvgIpc) is 3.37. The molecule has 1 aromatic rings. The van der Waals surface area contributed by atoms with Crippen molar-refractivity contribution >= 4 is 29.3 Å². The molecular weight excluding hydrogens is 348 g/mol. The number of amidine groups is 1. The number of hydrogen-bond acceptors (Lipinski definition) is 5. The molecule has 0 bridgehead atoms. The zero-order valence-corrected chi connectivity index (χ0v) is 15.4. The van der Waals surface area contributed by atoms with Gasteiger partial charge in [0, 0.05) is 36.6 Å². The topological polar surface area (TPSA) is 134 Å². The summed E-state index contributed by atoms with van der Waals surface area (Å²) >= 11 is 0. The number of anilines is 1. The summed E-state index contributed by atoms with van der Waals surface area (Å²) in [7, 11) is 0. The van der Waals surface area contributed by atoms with Gasteiger partial charge in [-0.15, -0.1) is 0 Å². The van der Waals surface area contributed by atoms with Gasteiger partial charge in [-0.1, -0.05) is 0 Å². The Morgan fingerprint density at radius 2 is 1.81 bits per heavy atom. The summed E-state index contributed by atoms with van der Waals surface area (Å²) in [4.78, 5) is 35.2. The Bertz CT molecular complexity index is 702. The maximum absolute atomic E-state index is 11.9. The summed E-state index contributed by atoms with van der Waals surface area (Å²) in [5.41, 5.74) is 6.54. The molecule has 0 heterocycles. The molecule has 1 saturated carbocycles. The molecule has 0 saturated heterocycles. The van der Waals surface area contributed by atoms with E-state index in [2.05, 4.69) is 10.6 Å². The summed E-state index contributed by atoms with van der Waals surface area (Å²) < 4.78 is 4.88. The van der Waals surface area contributed by atoms with Crippen molar-refractivity contribution in [3.05, 3.63) is 29.8 Å². The molecule has 2 atom stereocenters. The van der Waals surface area contributed by atoms with Crippen molar-refractivity contribution in [2.24, 2.45) is 11.7 Å². The zero-order chi connectivity index (χ0) is 19.8. The lowest BCUT2D eigenvalue weighted by atomic mass is 10.2. The molecule has 8 heteroatoms. The molecule has 2 rings (SSSR count). The fourth-order valence-corrected chi connectivity index (χ4v) is 2.74. The number of carbonyl (C=O) groups is 3. The van der Waals surface area contributed by atoms with Crippen LogP contribution in [0.4, 0.5) is 5.69 Å². The maximum Gasteiger partial charge on any atom is 0.305 e. The first-order valence-electron chi connectivity index (χ1n) is 9.08. The molecule has 0 aromatic heterocycles. The van der Waals surface area contributed by atoms with Gasteiger partial charge in [0.1, 0.15) is 5.84 Å². The number of hydrogen-bond donors (Lipinski definition) is 4. The van der Waals surface area contributed by atoms with Gasteiger partial charge in [0.05, 0.1) is 6.61 Å². The van der Waals surface area contributed by atoms with E-state index < -0.39 is 0 Å². The highest BCUT2D eigenvalue weighted by Gasteiger charge is 2.38. The van der Waals surface area contributed by atoms with E-state index in [9.17, 15) is 14.4 Å². The Kier molecular flexibility index (Phi) is 7.34.